The second-order valence-electron chi connectivity index (χ2n) is 6.38. The summed E-state index contributed by atoms with van der Waals surface area (Å²) in [5.74, 6) is 0.897. The molecule has 0 fully saturated rings. The van der Waals surface area contributed by atoms with Crippen LogP contribution in [0.3, 0.4) is 0 Å². The molecule has 0 unspecified atom stereocenters. The number of hydrogen-bond donors (Lipinski definition) is 0. The van der Waals surface area contributed by atoms with Gasteiger partial charge >= 0.3 is 0 Å². The number of carbonyl (C=O) groups is 1. The van der Waals surface area contributed by atoms with Crippen LogP contribution in [0.15, 0.2) is 36.4 Å². The molecule has 6 nitrogen and oxygen atoms in total. The van der Waals surface area contributed by atoms with Crippen LogP contribution in [0.1, 0.15) is 30.2 Å². The van der Waals surface area contributed by atoms with E-state index in [0.717, 1.165) is 10.4 Å². The van der Waals surface area contributed by atoms with Gasteiger partial charge in [0.2, 0.25) is 11.7 Å². The van der Waals surface area contributed by atoms with Crippen LogP contribution in [0.4, 0.5) is 0 Å². The lowest BCUT2D eigenvalue weighted by Crippen LogP contribution is -2.30. The SMILES string of the molecule is CC(C)c1ccc(-c2nnn(CC(=O)N(C)Cc3ccc(Cl)s3)n2)cc1. The molecule has 1 amide bonds. The first-order valence-electron chi connectivity index (χ1n) is 8.28. The predicted molar refractivity (Wildman–Crippen MR) is 103 cm³/mol. The van der Waals surface area contributed by atoms with E-state index in [1.807, 2.05) is 24.3 Å². The minimum atomic E-state index is -0.0892. The zero-order chi connectivity index (χ0) is 18.7. The summed E-state index contributed by atoms with van der Waals surface area (Å²) in [6, 6.07) is 11.8. The summed E-state index contributed by atoms with van der Waals surface area (Å²) in [4.78, 5) is 16.3. The number of rotatable bonds is 6. The van der Waals surface area contributed by atoms with E-state index >= 15 is 0 Å². The fourth-order valence-electron chi connectivity index (χ4n) is 2.44. The summed E-state index contributed by atoms with van der Waals surface area (Å²) in [6.07, 6.45) is 0. The first-order valence-corrected chi connectivity index (χ1v) is 9.48. The van der Waals surface area contributed by atoms with Crippen molar-refractivity contribution in [2.24, 2.45) is 0 Å². The molecule has 0 aliphatic heterocycles. The zero-order valence-electron chi connectivity index (χ0n) is 14.9. The lowest BCUT2D eigenvalue weighted by atomic mass is 10.0. The Balaban J connectivity index is 1.63. The number of tetrazole rings is 1. The highest BCUT2D eigenvalue weighted by Gasteiger charge is 2.14. The fourth-order valence-corrected chi connectivity index (χ4v) is 3.58. The summed E-state index contributed by atoms with van der Waals surface area (Å²) < 4.78 is 0.715. The van der Waals surface area contributed by atoms with Gasteiger partial charge in [-0.05, 0) is 28.8 Å². The molecule has 26 heavy (non-hydrogen) atoms. The number of likely N-dealkylation sites (N-methyl/N-ethyl adjacent to an activating group) is 1. The average Bonchev–Trinajstić information content (AvgIpc) is 3.24. The Bertz CT molecular complexity index is 887. The lowest BCUT2D eigenvalue weighted by Gasteiger charge is -2.15. The largest absolute Gasteiger partial charge is 0.339 e. The molecule has 0 aliphatic carbocycles. The van der Waals surface area contributed by atoms with Crippen LogP contribution in [-0.4, -0.2) is 38.1 Å². The van der Waals surface area contributed by atoms with Gasteiger partial charge < -0.3 is 4.90 Å². The summed E-state index contributed by atoms with van der Waals surface area (Å²) in [5, 5.41) is 12.4. The van der Waals surface area contributed by atoms with E-state index in [0.29, 0.717) is 22.6 Å². The molecule has 0 saturated heterocycles. The maximum atomic E-state index is 12.4. The minimum absolute atomic E-state index is 0.0483. The van der Waals surface area contributed by atoms with Gasteiger partial charge in [-0.1, -0.05) is 49.7 Å². The average molecular weight is 390 g/mol. The molecule has 3 rings (SSSR count). The topological polar surface area (TPSA) is 63.9 Å². The number of benzene rings is 1. The number of thiophene rings is 1. The van der Waals surface area contributed by atoms with Crippen molar-refractivity contribution in [2.45, 2.75) is 32.9 Å². The molecule has 0 radical (unpaired) electrons. The fraction of sp³-hybridized carbons (Fsp3) is 0.333. The smallest absolute Gasteiger partial charge is 0.246 e. The van der Waals surface area contributed by atoms with Crippen molar-refractivity contribution < 1.29 is 4.79 Å². The van der Waals surface area contributed by atoms with Gasteiger partial charge in [0, 0.05) is 17.5 Å². The van der Waals surface area contributed by atoms with Crippen molar-refractivity contribution in [3.05, 3.63) is 51.2 Å². The van der Waals surface area contributed by atoms with E-state index in [9.17, 15) is 4.79 Å². The van der Waals surface area contributed by atoms with Gasteiger partial charge in [-0.2, -0.15) is 4.80 Å². The number of halogens is 1. The third-order valence-electron chi connectivity index (χ3n) is 4.01. The first-order chi connectivity index (χ1) is 12.4. The molecule has 8 heteroatoms. The van der Waals surface area contributed by atoms with Crippen LogP contribution in [0.25, 0.3) is 11.4 Å². The van der Waals surface area contributed by atoms with E-state index in [2.05, 4.69) is 41.4 Å². The number of hydrogen-bond acceptors (Lipinski definition) is 5. The molecule has 0 saturated carbocycles. The van der Waals surface area contributed by atoms with Crippen LogP contribution in [0.2, 0.25) is 4.34 Å². The Kier molecular flexibility index (Phi) is 5.68. The molecule has 2 aromatic heterocycles. The summed E-state index contributed by atoms with van der Waals surface area (Å²) in [5.41, 5.74) is 2.14. The highest BCUT2D eigenvalue weighted by Crippen LogP contribution is 2.22. The van der Waals surface area contributed by atoms with Gasteiger partial charge in [-0.25, -0.2) is 0 Å². The Labute approximate surface area is 161 Å². The van der Waals surface area contributed by atoms with E-state index in [4.69, 9.17) is 11.6 Å². The van der Waals surface area contributed by atoms with Crippen LogP contribution in [-0.2, 0) is 17.9 Å². The molecule has 0 spiro atoms. The molecular formula is C18H20ClN5OS. The molecular weight excluding hydrogens is 370 g/mol. The molecule has 1 aromatic carbocycles. The third-order valence-corrected chi connectivity index (χ3v) is 5.23. The monoisotopic (exact) mass is 389 g/mol. The third kappa shape index (κ3) is 4.47. The van der Waals surface area contributed by atoms with E-state index < -0.39 is 0 Å². The Morgan fingerprint density at radius 2 is 1.96 bits per heavy atom. The van der Waals surface area contributed by atoms with Crippen LogP contribution < -0.4 is 0 Å². The van der Waals surface area contributed by atoms with Crippen LogP contribution in [0, 0.1) is 0 Å². The molecule has 3 aromatic rings. The van der Waals surface area contributed by atoms with Gasteiger partial charge in [0.05, 0.1) is 10.9 Å². The van der Waals surface area contributed by atoms with Crippen molar-refractivity contribution in [1.29, 1.82) is 0 Å². The van der Waals surface area contributed by atoms with Crippen molar-refractivity contribution >= 4 is 28.8 Å². The Hall–Kier alpha value is -2.25. The van der Waals surface area contributed by atoms with Crippen molar-refractivity contribution in [2.75, 3.05) is 7.05 Å². The molecule has 136 valence electrons. The second-order valence-corrected chi connectivity index (χ2v) is 8.18. The quantitative estimate of drug-likeness (QED) is 0.642. The number of nitrogens with zero attached hydrogens (tertiary/aromatic N) is 5. The maximum absolute atomic E-state index is 12.4. The molecule has 0 N–H and O–H groups in total. The van der Waals surface area contributed by atoms with Gasteiger partial charge in [0.1, 0.15) is 6.54 Å². The summed E-state index contributed by atoms with van der Waals surface area (Å²) in [6.45, 7) is 4.85. The highest BCUT2D eigenvalue weighted by atomic mass is 35.5. The van der Waals surface area contributed by atoms with E-state index in [1.165, 1.54) is 21.7 Å². The van der Waals surface area contributed by atoms with Gasteiger partial charge in [-0.3, -0.25) is 4.79 Å². The van der Waals surface area contributed by atoms with E-state index in [1.54, 1.807) is 11.9 Å². The lowest BCUT2D eigenvalue weighted by molar-refractivity contribution is -0.131. The molecule has 0 aliphatic rings. The first kappa shape index (κ1) is 18.5. The van der Waals surface area contributed by atoms with Gasteiger partial charge in [0.15, 0.2) is 0 Å². The maximum Gasteiger partial charge on any atom is 0.246 e. The molecule has 0 atom stereocenters. The predicted octanol–water partition coefficient (Wildman–Crippen LogP) is 3.84. The molecule has 0 bridgehead atoms. The Morgan fingerprint density at radius 3 is 2.58 bits per heavy atom. The highest BCUT2D eigenvalue weighted by molar-refractivity contribution is 7.16. The standard InChI is InChI=1S/C18H20ClN5OS/c1-12(2)13-4-6-14(7-5-13)18-20-22-24(21-18)11-17(25)23(3)10-15-8-9-16(19)26-15/h4-9,12H,10-11H2,1-3H3. The van der Waals surface area contributed by atoms with Gasteiger partial charge in [-0.15, -0.1) is 21.5 Å². The second kappa shape index (κ2) is 7.97. The van der Waals surface area contributed by atoms with Gasteiger partial charge in [0.25, 0.3) is 0 Å². The van der Waals surface area contributed by atoms with Crippen molar-refractivity contribution in [3.63, 3.8) is 0 Å². The molecule has 2 heterocycles. The van der Waals surface area contributed by atoms with Crippen LogP contribution in [0.5, 0.6) is 0 Å². The van der Waals surface area contributed by atoms with Crippen molar-refractivity contribution in [1.82, 2.24) is 25.1 Å². The van der Waals surface area contributed by atoms with E-state index in [-0.39, 0.29) is 12.5 Å². The minimum Gasteiger partial charge on any atom is -0.339 e. The number of carbonyl (C=O) groups excluding carboxylic acids is 1. The normalized spacial score (nSPS) is 11.1. The van der Waals surface area contributed by atoms with Crippen molar-refractivity contribution in [3.8, 4) is 11.4 Å². The van der Waals surface area contributed by atoms with Crippen LogP contribution >= 0.6 is 22.9 Å². The number of amides is 1. The Morgan fingerprint density at radius 1 is 1.23 bits per heavy atom. The summed E-state index contributed by atoms with van der Waals surface area (Å²) >= 11 is 7.39. The number of aromatic nitrogens is 4. The zero-order valence-corrected chi connectivity index (χ0v) is 16.5. The summed E-state index contributed by atoms with van der Waals surface area (Å²) in [7, 11) is 1.75.